The molecule has 11 heteroatoms. The number of rotatable bonds is 7. The normalized spacial score (nSPS) is 17.5. The van der Waals surface area contributed by atoms with Gasteiger partial charge in [0.15, 0.2) is 0 Å². The second kappa shape index (κ2) is 9.53. The summed E-state index contributed by atoms with van der Waals surface area (Å²) in [6.45, 7) is 12.1. The molecule has 0 bridgehead atoms. The third-order valence-electron chi connectivity index (χ3n) is 6.25. The minimum Gasteiger partial charge on any atom is -0.383 e. The number of nitrogens with zero attached hydrogens (tertiary/aromatic N) is 5. The van der Waals surface area contributed by atoms with Crippen molar-refractivity contribution in [2.24, 2.45) is 11.8 Å². The number of amides is 1. The van der Waals surface area contributed by atoms with Gasteiger partial charge in [0.25, 0.3) is 15.9 Å². The van der Waals surface area contributed by atoms with Gasteiger partial charge in [-0.05, 0) is 56.4 Å². The standard InChI is InChI=1S/C25H33N7O3S/c1-16(2)13-31-15-18(12-28-31)20-9-8-19(23(29-20)32-14-17(3)11-25(32,4)5)24(33)30-36(34,35)21-7-6-10-27-22(21)26/h6-10,12,15-17H,11,13-14H2,1-5H3,(H2,26,27)(H,30,33)/t17-/m0/s1. The molecule has 1 amide bonds. The molecule has 0 unspecified atom stereocenters. The molecule has 3 aromatic heterocycles. The van der Waals surface area contributed by atoms with E-state index in [2.05, 4.69) is 54.3 Å². The Labute approximate surface area is 212 Å². The maximum absolute atomic E-state index is 13.4. The summed E-state index contributed by atoms with van der Waals surface area (Å²) in [6, 6.07) is 6.09. The van der Waals surface area contributed by atoms with E-state index in [1.807, 2.05) is 10.9 Å². The largest absolute Gasteiger partial charge is 0.383 e. The Morgan fingerprint density at radius 2 is 2.03 bits per heavy atom. The first-order valence-corrected chi connectivity index (χ1v) is 13.4. The molecular formula is C25H33N7O3S. The fourth-order valence-electron chi connectivity index (χ4n) is 4.78. The van der Waals surface area contributed by atoms with Crippen molar-refractivity contribution in [1.82, 2.24) is 24.5 Å². The number of hydrogen-bond donors (Lipinski definition) is 2. The first-order chi connectivity index (χ1) is 16.9. The van der Waals surface area contributed by atoms with Gasteiger partial charge in [0.1, 0.15) is 16.5 Å². The highest BCUT2D eigenvalue weighted by Gasteiger charge is 2.39. The van der Waals surface area contributed by atoms with Gasteiger partial charge in [-0.15, -0.1) is 0 Å². The van der Waals surface area contributed by atoms with Crippen molar-refractivity contribution in [3.63, 3.8) is 0 Å². The number of carbonyl (C=O) groups is 1. The zero-order valence-corrected chi connectivity index (χ0v) is 22.1. The highest BCUT2D eigenvalue weighted by Crippen LogP contribution is 2.38. The van der Waals surface area contributed by atoms with Crippen LogP contribution in [-0.4, -0.2) is 46.2 Å². The highest BCUT2D eigenvalue weighted by atomic mass is 32.2. The monoisotopic (exact) mass is 511 g/mol. The maximum Gasteiger partial charge on any atom is 0.268 e. The molecule has 4 rings (SSSR count). The van der Waals surface area contributed by atoms with Gasteiger partial charge in [-0.3, -0.25) is 9.48 Å². The average molecular weight is 512 g/mol. The molecule has 1 saturated heterocycles. The van der Waals surface area contributed by atoms with Crippen LogP contribution < -0.4 is 15.4 Å². The second-order valence-corrected chi connectivity index (χ2v) is 12.1. The minimum atomic E-state index is -4.24. The van der Waals surface area contributed by atoms with Crippen LogP contribution in [0.5, 0.6) is 0 Å². The van der Waals surface area contributed by atoms with Crippen LogP contribution in [0.15, 0.2) is 47.8 Å². The molecule has 0 saturated carbocycles. The Morgan fingerprint density at radius 3 is 2.67 bits per heavy atom. The lowest BCUT2D eigenvalue weighted by Crippen LogP contribution is -2.41. The Hall–Kier alpha value is -3.47. The first-order valence-electron chi connectivity index (χ1n) is 12.0. The topological polar surface area (TPSA) is 136 Å². The van der Waals surface area contributed by atoms with Crippen molar-refractivity contribution in [1.29, 1.82) is 0 Å². The van der Waals surface area contributed by atoms with Crippen LogP contribution in [0.2, 0.25) is 0 Å². The molecule has 36 heavy (non-hydrogen) atoms. The first kappa shape index (κ1) is 25.6. The van der Waals surface area contributed by atoms with Gasteiger partial charge in [0, 0.05) is 36.6 Å². The summed E-state index contributed by atoms with van der Waals surface area (Å²) in [7, 11) is -4.24. The molecule has 4 heterocycles. The van der Waals surface area contributed by atoms with E-state index >= 15 is 0 Å². The number of nitrogens with two attached hydrogens (primary N) is 1. The lowest BCUT2D eigenvalue weighted by molar-refractivity contribution is 0.0981. The van der Waals surface area contributed by atoms with E-state index in [1.165, 1.54) is 18.3 Å². The molecule has 1 aliphatic rings. The van der Waals surface area contributed by atoms with Gasteiger partial charge in [0.2, 0.25) is 0 Å². The summed E-state index contributed by atoms with van der Waals surface area (Å²) in [5.41, 5.74) is 7.13. The molecule has 0 aromatic carbocycles. The molecule has 10 nitrogen and oxygen atoms in total. The maximum atomic E-state index is 13.4. The van der Waals surface area contributed by atoms with Crippen LogP contribution in [0.25, 0.3) is 11.3 Å². The predicted molar refractivity (Wildman–Crippen MR) is 139 cm³/mol. The van der Waals surface area contributed by atoms with Gasteiger partial charge >= 0.3 is 0 Å². The van der Waals surface area contributed by atoms with Crippen molar-refractivity contribution in [2.45, 2.75) is 58.0 Å². The summed E-state index contributed by atoms with van der Waals surface area (Å²) >= 11 is 0. The SMILES string of the molecule is CC(C)Cn1cc(-c2ccc(C(=O)NS(=O)(=O)c3cccnc3N)c(N3C[C@@H](C)CC3(C)C)n2)cn1. The van der Waals surface area contributed by atoms with Crippen LogP contribution in [0.3, 0.4) is 0 Å². The third kappa shape index (κ3) is 5.20. The number of hydrogen-bond acceptors (Lipinski definition) is 8. The number of sulfonamides is 1. The highest BCUT2D eigenvalue weighted by molar-refractivity contribution is 7.90. The third-order valence-corrected chi connectivity index (χ3v) is 7.62. The predicted octanol–water partition coefficient (Wildman–Crippen LogP) is 3.32. The molecule has 3 aromatic rings. The van der Waals surface area contributed by atoms with Gasteiger partial charge in [0.05, 0.1) is 17.5 Å². The molecule has 0 radical (unpaired) electrons. The van der Waals surface area contributed by atoms with Crippen molar-refractivity contribution in [3.05, 3.63) is 48.4 Å². The zero-order chi connectivity index (χ0) is 26.3. The number of carbonyl (C=O) groups excluding carboxylic acids is 1. The molecule has 0 aliphatic carbocycles. The average Bonchev–Trinajstić information content (AvgIpc) is 3.35. The van der Waals surface area contributed by atoms with Gasteiger partial charge in [-0.2, -0.15) is 5.10 Å². The van der Waals surface area contributed by atoms with E-state index in [1.54, 1.807) is 18.3 Å². The van der Waals surface area contributed by atoms with E-state index in [0.717, 1.165) is 18.5 Å². The summed E-state index contributed by atoms with van der Waals surface area (Å²) < 4.78 is 29.9. The quantitative estimate of drug-likeness (QED) is 0.493. The van der Waals surface area contributed by atoms with Crippen molar-refractivity contribution in [2.75, 3.05) is 17.2 Å². The fraction of sp³-hybridized carbons (Fsp3) is 0.440. The molecule has 1 fully saturated rings. The minimum absolute atomic E-state index is 0.168. The smallest absolute Gasteiger partial charge is 0.268 e. The van der Waals surface area contributed by atoms with Gasteiger partial charge in [-0.1, -0.05) is 20.8 Å². The van der Waals surface area contributed by atoms with Crippen LogP contribution in [-0.2, 0) is 16.6 Å². The van der Waals surface area contributed by atoms with E-state index in [0.29, 0.717) is 29.9 Å². The van der Waals surface area contributed by atoms with E-state index < -0.39 is 15.9 Å². The van der Waals surface area contributed by atoms with Crippen LogP contribution in [0, 0.1) is 11.8 Å². The Bertz CT molecular complexity index is 1380. The molecule has 3 N–H and O–H groups in total. The van der Waals surface area contributed by atoms with Gasteiger partial charge < -0.3 is 10.6 Å². The molecule has 1 atom stereocenters. The molecular weight excluding hydrogens is 478 g/mol. The fourth-order valence-corrected chi connectivity index (χ4v) is 5.83. The van der Waals surface area contributed by atoms with E-state index in [9.17, 15) is 13.2 Å². The van der Waals surface area contributed by atoms with Crippen molar-refractivity contribution >= 4 is 27.6 Å². The molecule has 1 aliphatic heterocycles. The number of anilines is 2. The van der Waals surface area contributed by atoms with Crippen LogP contribution >= 0.6 is 0 Å². The summed E-state index contributed by atoms with van der Waals surface area (Å²) in [5.74, 6) is 0.298. The molecule has 192 valence electrons. The summed E-state index contributed by atoms with van der Waals surface area (Å²) in [6.07, 6.45) is 5.98. The van der Waals surface area contributed by atoms with Crippen molar-refractivity contribution in [3.8, 4) is 11.3 Å². The number of nitrogen functional groups attached to an aromatic ring is 1. The Balaban J connectivity index is 1.75. The Kier molecular flexibility index (Phi) is 6.78. The summed E-state index contributed by atoms with van der Waals surface area (Å²) in [4.78, 5) is 23.9. The lowest BCUT2D eigenvalue weighted by Gasteiger charge is -2.34. The van der Waals surface area contributed by atoms with E-state index in [4.69, 9.17) is 10.7 Å². The lowest BCUT2D eigenvalue weighted by atomic mass is 9.97. The number of pyridine rings is 2. The molecule has 0 spiro atoms. The van der Waals surface area contributed by atoms with Gasteiger partial charge in [-0.25, -0.2) is 23.1 Å². The van der Waals surface area contributed by atoms with E-state index in [-0.39, 0.29) is 21.8 Å². The van der Waals surface area contributed by atoms with Crippen LogP contribution in [0.1, 0.15) is 51.4 Å². The number of aromatic nitrogens is 4. The zero-order valence-electron chi connectivity index (χ0n) is 21.3. The summed E-state index contributed by atoms with van der Waals surface area (Å²) in [5, 5.41) is 4.44. The Morgan fingerprint density at radius 1 is 1.28 bits per heavy atom. The van der Waals surface area contributed by atoms with Crippen molar-refractivity contribution < 1.29 is 13.2 Å². The number of nitrogens with one attached hydrogen (secondary N) is 1. The van der Waals surface area contributed by atoms with Crippen LogP contribution in [0.4, 0.5) is 11.6 Å². The second-order valence-electron chi connectivity index (χ2n) is 10.5.